The van der Waals surface area contributed by atoms with E-state index in [0.29, 0.717) is 0 Å². The Morgan fingerprint density at radius 1 is 1.50 bits per heavy atom. The van der Waals surface area contributed by atoms with Gasteiger partial charge in [-0.25, -0.2) is 4.98 Å². The predicted octanol–water partition coefficient (Wildman–Crippen LogP) is 2.35. The number of nitrogens with zero attached hydrogens (tertiary/aromatic N) is 2. The van der Waals surface area contributed by atoms with E-state index in [-0.39, 0.29) is 6.10 Å². The van der Waals surface area contributed by atoms with E-state index < -0.39 is 0 Å². The number of hydrogen-bond donors (Lipinski definition) is 2. The van der Waals surface area contributed by atoms with Crippen LogP contribution in [-0.2, 0) is 6.54 Å². The molecule has 0 aliphatic heterocycles. The summed E-state index contributed by atoms with van der Waals surface area (Å²) in [5.41, 5.74) is 2.07. The quantitative estimate of drug-likeness (QED) is 0.805. The number of fused-ring (bicyclic) bond motifs is 1. The third-order valence-corrected chi connectivity index (χ3v) is 3.45. The van der Waals surface area contributed by atoms with Crippen molar-refractivity contribution in [3.8, 4) is 0 Å². The van der Waals surface area contributed by atoms with Crippen LogP contribution in [-0.4, -0.2) is 27.1 Å². The molecule has 2 aromatic heterocycles. The highest BCUT2D eigenvalue weighted by Crippen LogP contribution is 2.13. The van der Waals surface area contributed by atoms with E-state index in [1.807, 2.05) is 31.5 Å². The number of rotatable bonds is 6. The van der Waals surface area contributed by atoms with Crippen LogP contribution in [0.3, 0.4) is 0 Å². The van der Waals surface area contributed by atoms with Crippen molar-refractivity contribution in [1.29, 1.82) is 0 Å². The lowest BCUT2D eigenvalue weighted by Crippen LogP contribution is -2.20. The number of pyridine rings is 1. The highest BCUT2D eigenvalue weighted by atomic mass is 79.9. The Morgan fingerprint density at radius 2 is 2.33 bits per heavy atom. The number of aliphatic hydroxyl groups is 1. The van der Waals surface area contributed by atoms with E-state index in [9.17, 15) is 5.11 Å². The molecule has 2 heterocycles. The van der Waals surface area contributed by atoms with Gasteiger partial charge in [-0.05, 0) is 47.4 Å². The Bertz CT molecular complexity index is 512. The standard InChI is InChI=1S/C13H18BrN3O/c1-2-12(18)5-6-15-7-11-8-16-13-4-3-10(14)9-17(11)13/h3-4,8-9,12,15,18H,2,5-7H2,1H3. The van der Waals surface area contributed by atoms with Crippen LogP contribution in [0, 0.1) is 0 Å². The highest BCUT2D eigenvalue weighted by Gasteiger charge is 2.04. The van der Waals surface area contributed by atoms with Gasteiger partial charge in [0.05, 0.1) is 18.0 Å². The number of halogens is 1. The average molecular weight is 312 g/mol. The molecule has 2 N–H and O–H groups in total. The first-order valence-electron chi connectivity index (χ1n) is 6.21. The molecule has 0 aliphatic carbocycles. The normalized spacial score (nSPS) is 13.1. The lowest BCUT2D eigenvalue weighted by atomic mass is 10.2. The third kappa shape index (κ3) is 3.31. The fourth-order valence-electron chi connectivity index (χ4n) is 1.83. The first kappa shape index (κ1) is 13.5. The van der Waals surface area contributed by atoms with Crippen LogP contribution in [0.25, 0.3) is 5.65 Å². The summed E-state index contributed by atoms with van der Waals surface area (Å²) < 4.78 is 3.10. The summed E-state index contributed by atoms with van der Waals surface area (Å²) in [4.78, 5) is 4.34. The molecule has 0 amide bonds. The van der Waals surface area contributed by atoms with E-state index in [1.54, 1.807) is 0 Å². The van der Waals surface area contributed by atoms with Gasteiger partial charge in [-0.2, -0.15) is 0 Å². The molecule has 0 aromatic carbocycles. The van der Waals surface area contributed by atoms with Crippen molar-refractivity contribution in [1.82, 2.24) is 14.7 Å². The number of hydrogen-bond acceptors (Lipinski definition) is 3. The van der Waals surface area contributed by atoms with Crippen LogP contribution < -0.4 is 5.32 Å². The van der Waals surface area contributed by atoms with Crippen LogP contribution in [0.15, 0.2) is 29.0 Å². The van der Waals surface area contributed by atoms with Crippen LogP contribution in [0.1, 0.15) is 25.5 Å². The smallest absolute Gasteiger partial charge is 0.136 e. The molecule has 5 heteroatoms. The topological polar surface area (TPSA) is 49.6 Å². The van der Waals surface area contributed by atoms with E-state index in [1.165, 1.54) is 0 Å². The lowest BCUT2D eigenvalue weighted by Gasteiger charge is -2.08. The molecule has 0 saturated carbocycles. The Hall–Kier alpha value is -0.910. The maximum atomic E-state index is 9.46. The minimum atomic E-state index is -0.200. The largest absolute Gasteiger partial charge is 0.393 e. The molecular formula is C13H18BrN3O. The summed E-state index contributed by atoms with van der Waals surface area (Å²) >= 11 is 3.46. The van der Waals surface area contributed by atoms with Gasteiger partial charge in [0.25, 0.3) is 0 Å². The number of nitrogens with one attached hydrogen (secondary N) is 1. The predicted molar refractivity (Wildman–Crippen MR) is 75.5 cm³/mol. The van der Waals surface area contributed by atoms with Crippen molar-refractivity contribution in [2.75, 3.05) is 6.54 Å². The van der Waals surface area contributed by atoms with Crippen LogP contribution in [0.2, 0.25) is 0 Å². The van der Waals surface area contributed by atoms with Gasteiger partial charge in [0.2, 0.25) is 0 Å². The van der Waals surface area contributed by atoms with E-state index in [2.05, 4.69) is 30.6 Å². The molecule has 0 fully saturated rings. The van der Waals surface area contributed by atoms with Gasteiger partial charge < -0.3 is 14.8 Å². The average Bonchev–Trinajstić information content (AvgIpc) is 2.77. The zero-order valence-corrected chi connectivity index (χ0v) is 12.0. The molecule has 0 bridgehead atoms. The molecule has 1 atom stereocenters. The van der Waals surface area contributed by atoms with Gasteiger partial charge >= 0.3 is 0 Å². The first-order valence-corrected chi connectivity index (χ1v) is 7.00. The van der Waals surface area contributed by atoms with Gasteiger partial charge in [0, 0.05) is 17.2 Å². The SMILES string of the molecule is CCC(O)CCNCc1cnc2ccc(Br)cn12. The molecule has 0 saturated heterocycles. The Kier molecular flexibility index (Phi) is 4.74. The molecular weight excluding hydrogens is 294 g/mol. The zero-order chi connectivity index (χ0) is 13.0. The van der Waals surface area contributed by atoms with E-state index >= 15 is 0 Å². The Morgan fingerprint density at radius 3 is 3.11 bits per heavy atom. The first-order chi connectivity index (χ1) is 8.70. The third-order valence-electron chi connectivity index (χ3n) is 2.98. The summed E-state index contributed by atoms with van der Waals surface area (Å²) in [6.45, 7) is 3.57. The molecule has 2 aromatic rings. The monoisotopic (exact) mass is 311 g/mol. The molecule has 1 unspecified atom stereocenters. The van der Waals surface area contributed by atoms with Crippen LogP contribution >= 0.6 is 15.9 Å². The molecule has 18 heavy (non-hydrogen) atoms. The van der Waals surface area contributed by atoms with Crippen molar-refractivity contribution in [3.63, 3.8) is 0 Å². The zero-order valence-electron chi connectivity index (χ0n) is 10.4. The Balaban J connectivity index is 1.93. The maximum absolute atomic E-state index is 9.46. The second kappa shape index (κ2) is 6.31. The molecule has 0 radical (unpaired) electrons. The summed E-state index contributed by atoms with van der Waals surface area (Å²) in [6.07, 6.45) is 5.29. The van der Waals surface area contributed by atoms with Crippen molar-refractivity contribution in [2.45, 2.75) is 32.4 Å². The molecule has 0 spiro atoms. The van der Waals surface area contributed by atoms with E-state index in [0.717, 1.165) is 41.7 Å². The van der Waals surface area contributed by atoms with Crippen molar-refractivity contribution in [3.05, 3.63) is 34.7 Å². The number of aliphatic hydroxyl groups excluding tert-OH is 1. The maximum Gasteiger partial charge on any atom is 0.136 e. The minimum absolute atomic E-state index is 0.200. The van der Waals surface area contributed by atoms with Gasteiger partial charge in [-0.3, -0.25) is 0 Å². The lowest BCUT2D eigenvalue weighted by molar-refractivity contribution is 0.159. The fraction of sp³-hybridized carbons (Fsp3) is 0.462. The molecule has 2 rings (SSSR count). The van der Waals surface area contributed by atoms with Crippen molar-refractivity contribution < 1.29 is 5.11 Å². The summed E-state index contributed by atoms with van der Waals surface area (Å²) in [5, 5.41) is 12.8. The van der Waals surface area contributed by atoms with Gasteiger partial charge in [-0.1, -0.05) is 6.92 Å². The summed E-state index contributed by atoms with van der Waals surface area (Å²) in [5.74, 6) is 0. The second-order valence-corrected chi connectivity index (χ2v) is 5.27. The molecule has 0 aliphatic rings. The summed E-state index contributed by atoms with van der Waals surface area (Å²) in [7, 11) is 0. The van der Waals surface area contributed by atoms with Crippen LogP contribution in [0.5, 0.6) is 0 Å². The minimum Gasteiger partial charge on any atom is -0.393 e. The molecule has 4 nitrogen and oxygen atoms in total. The van der Waals surface area contributed by atoms with Crippen LogP contribution in [0.4, 0.5) is 0 Å². The summed E-state index contributed by atoms with van der Waals surface area (Å²) in [6, 6.07) is 3.96. The van der Waals surface area contributed by atoms with Gasteiger partial charge in [0.1, 0.15) is 5.65 Å². The van der Waals surface area contributed by atoms with Gasteiger partial charge in [0.15, 0.2) is 0 Å². The number of imidazole rings is 1. The second-order valence-electron chi connectivity index (χ2n) is 4.35. The molecule has 98 valence electrons. The van der Waals surface area contributed by atoms with Gasteiger partial charge in [-0.15, -0.1) is 0 Å². The fourth-order valence-corrected chi connectivity index (χ4v) is 2.16. The highest BCUT2D eigenvalue weighted by molar-refractivity contribution is 9.10. The number of aromatic nitrogens is 2. The van der Waals surface area contributed by atoms with Crippen molar-refractivity contribution in [2.24, 2.45) is 0 Å². The Labute approximate surface area is 115 Å². The van der Waals surface area contributed by atoms with E-state index in [4.69, 9.17) is 0 Å². The van der Waals surface area contributed by atoms with Crippen molar-refractivity contribution >= 4 is 21.6 Å².